The zero-order valence-electron chi connectivity index (χ0n) is 9.44. The number of nitrogens with one attached hydrogen (secondary N) is 2. The van der Waals surface area contributed by atoms with Gasteiger partial charge in [0.15, 0.2) is 0 Å². The zero-order chi connectivity index (χ0) is 12.4. The van der Waals surface area contributed by atoms with Gasteiger partial charge in [-0.2, -0.15) is 0 Å². The van der Waals surface area contributed by atoms with E-state index in [4.69, 9.17) is 0 Å². The highest BCUT2D eigenvalue weighted by molar-refractivity contribution is 7.10. The Labute approximate surface area is 102 Å². The van der Waals surface area contributed by atoms with Gasteiger partial charge in [-0.15, -0.1) is 11.3 Å². The number of methoxy groups -OCH3 is 1. The average Bonchev–Trinajstić information content (AvgIpc) is 2.84. The molecule has 5 nitrogen and oxygen atoms in total. The first-order valence-corrected chi connectivity index (χ1v) is 5.91. The van der Waals surface area contributed by atoms with Gasteiger partial charge >= 0.3 is 12.0 Å². The van der Waals surface area contributed by atoms with Crippen LogP contribution >= 0.6 is 11.3 Å². The molecule has 0 saturated carbocycles. The molecule has 17 heavy (non-hydrogen) atoms. The van der Waals surface area contributed by atoms with Gasteiger partial charge < -0.3 is 15.4 Å². The fourth-order valence-corrected chi connectivity index (χ4v) is 2.53. The van der Waals surface area contributed by atoms with Crippen molar-refractivity contribution in [1.82, 2.24) is 10.6 Å². The first kappa shape index (κ1) is 11.7. The summed E-state index contributed by atoms with van der Waals surface area (Å²) in [5.41, 5.74) is 0.966. The van der Waals surface area contributed by atoms with Crippen molar-refractivity contribution in [2.24, 2.45) is 0 Å². The van der Waals surface area contributed by atoms with Crippen molar-refractivity contribution in [3.63, 3.8) is 0 Å². The van der Waals surface area contributed by atoms with Crippen LogP contribution in [0.15, 0.2) is 28.8 Å². The summed E-state index contributed by atoms with van der Waals surface area (Å²) in [5.74, 6) is -0.529. The molecule has 2 N–H and O–H groups in total. The van der Waals surface area contributed by atoms with Gasteiger partial charge in [-0.3, -0.25) is 0 Å². The molecule has 1 unspecified atom stereocenters. The summed E-state index contributed by atoms with van der Waals surface area (Å²) >= 11 is 1.53. The molecule has 0 fully saturated rings. The number of ether oxygens (including phenoxy) is 1. The molecule has 0 saturated heterocycles. The molecule has 0 aromatic carbocycles. The molecule has 0 radical (unpaired) electrons. The fourth-order valence-electron chi connectivity index (χ4n) is 1.69. The Hall–Kier alpha value is -1.82. The molecule has 0 aliphatic carbocycles. The van der Waals surface area contributed by atoms with Gasteiger partial charge in [0.1, 0.15) is 5.70 Å². The van der Waals surface area contributed by atoms with E-state index in [1.54, 1.807) is 6.92 Å². The molecule has 0 spiro atoms. The second kappa shape index (κ2) is 4.58. The number of carbonyl (C=O) groups is 2. The normalized spacial score (nSPS) is 19.6. The van der Waals surface area contributed by atoms with E-state index < -0.39 is 12.0 Å². The third-order valence-electron chi connectivity index (χ3n) is 2.56. The largest absolute Gasteiger partial charge is 0.464 e. The van der Waals surface area contributed by atoms with Crippen LogP contribution in [0.25, 0.3) is 0 Å². The van der Waals surface area contributed by atoms with E-state index in [0.717, 1.165) is 10.5 Å². The van der Waals surface area contributed by atoms with Gasteiger partial charge in [0.25, 0.3) is 0 Å². The van der Waals surface area contributed by atoms with Crippen LogP contribution in [0.2, 0.25) is 0 Å². The molecular formula is C11H12N2O3S. The molecule has 90 valence electrons. The maximum atomic E-state index is 11.5. The summed E-state index contributed by atoms with van der Waals surface area (Å²) in [6.45, 7) is 1.79. The van der Waals surface area contributed by atoms with E-state index in [1.165, 1.54) is 18.4 Å². The van der Waals surface area contributed by atoms with Crippen LogP contribution in [0.3, 0.4) is 0 Å². The van der Waals surface area contributed by atoms with E-state index in [1.807, 2.05) is 17.5 Å². The monoisotopic (exact) mass is 252 g/mol. The average molecular weight is 252 g/mol. The minimum Gasteiger partial charge on any atom is -0.464 e. The van der Waals surface area contributed by atoms with Crippen LogP contribution in [0.1, 0.15) is 17.8 Å². The molecule has 1 aromatic heterocycles. The van der Waals surface area contributed by atoms with Crippen molar-refractivity contribution in [2.45, 2.75) is 13.0 Å². The quantitative estimate of drug-likeness (QED) is 0.785. The third-order valence-corrected chi connectivity index (χ3v) is 3.50. The van der Waals surface area contributed by atoms with Crippen LogP contribution < -0.4 is 10.6 Å². The maximum Gasteiger partial charge on any atom is 0.354 e. The minimum atomic E-state index is -0.529. The summed E-state index contributed by atoms with van der Waals surface area (Å²) < 4.78 is 4.64. The van der Waals surface area contributed by atoms with Crippen LogP contribution in [-0.2, 0) is 9.53 Å². The van der Waals surface area contributed by atoms with Gasteiger partial charge in [0, 0.05) is 4.88 Å². The van der Waals surface area contributed by atoms with Gasteiger partial charge in [0.05, 0.1) is 13.2 Å². The molecule has 6 heteroatoms. The topological polar surface area (TPSA) is 67.4 Å². The predicted octanol–water partition coefficient (Wildman–Crippen LogP) is 1.55. The van der Waals surface area contributed by atoms with E-state index in [2.05, 4.69) is 15.4 Å². The molecule has 0 bridgehead atoms. The van der Waals surface area contributed by atoms with Crippen molar-refractivity contribution < 1.29 is 14.3 Å². The summed E-state index contributed by atoms with van der Waals surface area (Å²) in [5, 5.41) is 7.17. The first-order chi connectivity index (χ1) is 8.13. The number of carbonyl (C=O) groups excluding carboxylic acids is 2. The van der Waals surface area contributed by atoms with Gasteiger partial charge in [0.2, 0.25) is 0 Å². The van der Waals surface area contributed by atoms with Crippen LogP contribution in [0.4, 0.5) is 4.79 Å². The third kappa shape index (κ3) is 2.16. The van der Waals surface area contributed by atoms with E-state index >= 15 is 0 Å². The standard InChI is InChI=1S/C11H12N2O3S/c1-6-8(7-4-3-5-17-7)12-11(15)13-9(6)10(14)16-2/h3-5,8H,1-2H3,(H2,12,13,15). The number of rotatable bonds is 2. The molecular weight excluding hydrogens is 240 g/mol. The molecule has 2 heterocycles. The number of amides is 2. The van der Waals surface area contributed by atoms with Crippen LogP contribution in [0, 0.1) is 0 Å². The summed E-state index contributed by atoms with van der Waals surface area (Å²) in [6.07, 6.45) is 0. The van der Waals surface area contributed by atoms with Gasteiger partial charge in [-0.25, -0.2) is 9.59 Å². The van der Waals surface area contributed by atoms with Crippen molar-refractivity contribution in [1.29, 1.82) is 0 Å². The molecule has 2 amide bonds. The smallest absolute Gasteiger partial charge is 0.354 e. The lowest BCUT2D eigenvalue weighted by Gasteiger charge is -2.26. The van der Waals surface area contributed by atoms with Crippen molar-refractivity contribution in [3.8, 4) is 0 Å². The summed E-state index contributed by atoms with van der Waals surface area (Å²) in [4.78, 5) is 24.0. The van der Waals surface area contributed by atoms with Crippen LogP contribution in [-0.4, -0.2) is 19.1 Å². The molecule has 1 atom stereocenters. The second-order valence-corrected chi connectivity index (χ2v) is 4.58. The highest BCUT2D eigenvalue weighted by Crippen LogP contribution is 2.29. The number of esters is 1. The van der Waals surface area contributed by atoms with E-state index in [9.17, 15) is 9.59 Å². The van der Waals surface area contributed by atoms with Crippen molar-refractivity contribution >= 4 is 23.3 Å². The summed E-state index contributed by atoms with van der Waals surface area (Å²) in [7, 11) is 1.29. The first-order valence-electron chi connectivity index (χ1n) is 5.03. The fraction of sp³-hybridized carbons (Fsp3) is 0.273. The van der Waals surface area contributed by atoms with Crippen molar-refractivity contribution in [3.05, 3.63) is 33.7 Å². The second-order valence-electron chi connectivity index (χ2n) is 3.60. The van der Waals surface area contributed by atoms with Gasteiger partial charge in [-0.05, 0) is 23.9 Å². The Kier molecular flexibility index (Phi) is 3.14. The molecule has 2 rings (SSSR count). The number of thiophene rings is 1. The minimum absolute atomic E-state index is 0.217. The molecule has 1 aromatic rings. The van der Waals surface area contributed by atoms with Crippen molar-refractivity contribution in [2.75, 3.05) is 7.11 Å². The Morgan fingerprint density at radius 3 is 2.88 bits per heavy atom. The Bertz CT molecular complexity index is 479. The maximum absolute atomic E-state index is 11.5. The van der Waals surface area contributed by atoms with E-state index in [0.29, 0.717) is 0 Å². The zero-order valence-corrected chi connectivity index (χ0v) is 10.3. The highest BCUT2D eigenvalue weighted by Gasteiger charge is 2.29. The highest BCUT2D eigenvalue weighted by atomic mass is 32.1. The lowest BCUT2D eigenvalue weighted by molar-refractivity contribution is -0.136. The van der Waals surface area contributed by atoms with Crippen LogP contribution in [0.5, 0.6) is 0 Å². The molecule has 1 aliphatic rings. The number of hydrogen-bond acceptors (Lipinski definition) is 4. The molecule has 1 aliphatic heterocycles. The lowest BCUT2D eigenvalue weighted by Crippen LogP contribution is -2.45. The number of hydrogen-bond donors (Lipinski definition) is 2. The summed E-state index contributed by atoms with van der Waals surface area (Å²) in [6, 6.07) is 3.16. The SMILES string of the molecule is COC(=O)C1=C(C)C(c2cccs2)NC(=O)N1. The Morgan fingerprint density at radius 2 is 2.29 bits per heavy atom. The Morgan fingerprint density at radius 1 is 1.53 bits per heavy atom. The lowest BCUT2D eigenvalue weighted by atomic mass is 10.0. The number of urea groups is 1. The Balaban J connectivity index is 2.40. The predicted molar refractivity (Wildman–Crippen MR) is 63.4 cm³/mol. The van der Waals surface area contributed by atoms with Gasteiger partial charge in [-0.1, -0.05) is 6.07 Å². The van der Waals surface area contributed by atoms with E-state index in [-0.39, 0.29) is 11.7 Å².